The van der Waals surface area contributed by atoms with Crippen LogP contribution >= 0.6 is 0 Å². The molecular formula is C11H15N3O3. The third kappa shape index (κ3) is 3.67. The van der Waals surface area contributed by atoms with Crippen molar-refractivity contribution in [1.82, 2.24) is 10.3 Å². The maximum absolute atomic E-state index is 10.7. The van der Waals surface area contributed by atoms with E-state index in [-0.39, 0.29) is 6.04 Å². The average molecular weight is 237 g/mol. The summed E-state index contributed by atoms with van der Waals surface area (Å²) < 4.78 is 10.3. The first-order valence-corrected chi connectivity index (χ1v) is 4.94. The molecule has 17 heavy (non-hydrogen) atoms. The molecule has 0 aliphatic rings. The number of urea groups is 1. The van der Waals surface area contributed by atoms with E-state index in [1.54, 1.807) is 13.0 Å². The van der Waals surface area contributed by atoms with Crippen molar-refractivity contribution in [1.29, 1.82) is 0 Å². The second kappa shape index (κ2) is 5.74. The summed E-state index contributed by atoms with van der Waals surface area (Å²) in [6, 6.07) is -0.878. The standard InChI is InChI=1S/C11H15N3O3/c1-7(14-11(12)15)4-9(16-3)8(2)10-5-13-6-17-10/h4-7H,2H2,1,3H3,(H3,12,14,15)/b9-4+. The number of primary amides is 1. The minimum absolute atomic E-state index is 0.276. The van der Waals surface area contributed by atoms with Gasteiger partial charge in [-0.2, -0.15) is 0 Å². The summed E-state index contributed by atoms with van der Waals surface area (Å²) in [5, 5.41) is 2.50. The summed E-state index contributed by atoms with van der Waals surface area (Å²) in [6.07, 6.45) is 4.51. The van der Waals surface area contributed by atoms with Crippen LogP contribution in [0.5, 0.6) is 0 Å². The molecule has 3 N–H and O–H groups in total. The molecule has 1 rings (SSSR count). The molecule has 1 aromatic heterocycles. The Kier molecular flexibility index (Phi) is 4.33. The van der Waals surface area contributed by atoms with Gasteiger partial charge in [-0.05, 0) is 13.0 Å². The van der Waals surface area contributed by atoms with Gasteiger partial charge in [-0.25, -0.2) is 9.78 Å². The first kappa shape index (κ1) is 12.8. The highest BCUT2D eigenvalue weighted by molar-refractivity contribution is 5.74. The molecule has 0 aromatic carbocycles. The van der Waals surface area contributed by atoms with Crippen molar-refractivity contribution in [2.75, 3.05) is 7.11 Å². The number of allylic oxidation sites excluding steroid dienone is 1. The zero-order valence-electron chi connectivity index (χ0n) is 9.77. The van der Waals surface area contributed by atoms with E-state index in [0.717, 1.165) is 0 Å². The van der Waals surface area contributed by atoms with Crippen LogP contribution in [0.15, 0.2) is 35.4 Å². The van der Waals surface area contributed by atoms with Gasteiger partial charge in [0, 0.05) is 6.04 Å². The topological polar surface area (TPSA) is 90.4 Å². The molecule has 0 radical (unpaired) electrons. The summed E-state index contributed by atoms with van der Waals surface area (Å²) in [5.74, 6) is 0.993. The number of carbonyl (C=O) groups is 1. The maximum atomic E-state index is 10.7. The summed E-state index contributed by atoms with van der Waals surface area (Å²) in [4.78, 5) is 14.5. The van der Waals surface area contributed by atoms with Crippen molar-refractivity contribution >= 4 is 11.6 Å². The lowest BCUT2D eigenvalue weighted by Crippen LogP contribution is -2.35. The quantitative estimate of drug-likeness (QED) is 0.596. The van der Waals surface area contributed by atoms with Crippen LogP contribution in [0.25, 0.3) is 5.57 Å². The van der Waals surface area contributed by atoms with Crippen LogP contribution in [-0.2, 0) is 4.74 Å². The maximum Gasteiger partial charge on any atom is 0.312 e. The molecule has 1 heterocycles. The van der Waals surface area contributed by atoms with E-state index in [1.165, 1.54) is 19.7 Å². The van der Waals surface area contributed by atoms with Crippen molar-refractivity contribution in [3.8, 4) is 0 Å². The molecule has 1 aromatic rings. The lowest BCUT2D eigenvalue weighted by molar-refractivity contribution is 0.247. The Labute approximate surface area is 99.2 Å². The summed E-state index contributed by atoms with van der Waals surface area (Å²) in [5.41, 5.74) is 5.55. The fraction of sp³-hybridized carbons (Fsp3) is 0.273. The SMILES string of the molecule is C=C(/C(=C\C(C)NC(N)=O)OC)c1cnco1. The third-order valence-corrected chi connectivity index (χ3v) is 2.02. The van der Waals surface area contributed by atoms with Gasteiger partial charge in [0.15, 0.2) is 12.2 Å². The molecule has 0 saturated carbocycles. The Morgan fingerprint density at radius 3 is 2.94 bits per heavy atom. The average Bonchev–Trinajstić information content (AvgIpc) is 2.77. The molecule has 0 spiro atoms. The molecule has 2 amide bonds. The Morgan fingerprint density at radius 2 is 2.47 bits per heavy atom. The number of rotatable bonds is 5. The Balaban J connectivity index is 2.80. The van der Waals surface area contributed by atoms with Crippen LogP contribution in [0.4, 0.5) is 4.79 Å². The normalized spacial score (nSPS) is 12.9. The van der Waals surface area contributed by atoms with E-state index in [4.69, 9.17) is 14.9 Å². The number of aromatic nitrogens is 1. The predicted molar refractivity (Wildman–Crippen MR) is 62.8 cm³/mol. The first-order chi connectivity index (χ1) is 8.04. The monoisotopic (exact) mass is 237 g/mol. The minimum atomic E-state index is -0.602. The zero-order chi connectivity index (χ0) is 12.8. The molecule has 6 nitrogen and oxygen atoms in total. The predicted octanol–water partition coefficient (Wildman–Crippen LogP) is 1.27. The molecule has 0 aliphatic heterocycles. The van der Waals surface area contributed by atoms with Gasteiger partial charge < -0.3 is 20.2 Å². The number of carbonyl (C=O) groups excluding carboxylic acids is 1. The number of oxazole rings is 1. The third-order valence-electron chi connectivity index (χ3n) is 2.02. The highest BCUT2D eigenvalue weighted by Crippen LogP contribution is 2.21. The molecule has 0 bridgehead atoms. The second-order valence-corrected chi connectivity index (χ2v) is 3.38. The summed E-state index contributed by atoms with van der Waals surface area (Å²) in [6.45, 7) is 5.59. The van der Waals surface area contributed by atoms with E-state index < -0.39 is 6.03 Å². The smallest absolute Gasteiger partial charge is 0.312 e. The van der Waals surface area contributed by atoms with E-state index in [0.29, 0.717) is 17.1 Å². The number of ether oxygens (including phenoxy) is 1. The van der Waals surface area contributed by atoms with Gasteiger partial charge in [0.1, 0.15) is 5.76 Å². The molecule has 1 unspecified atom stereocenters. The number of methoxy groups -OCH3 is 1. The summed E-state index contributed by atoms with van der Waals surface area (Å²) >= 11 is 0. The van der Waals surface area contributed by atoms with Gasteiger partial charge in [0.05, 0.1) is 18.9 Å². The molecule has 0 aliphatic carbocycles. The van der Waals surface area contributed by atoms with Crippen molar-refractivity contribution in [3.63, 3.8) is 0 Å². The Morgan fingerprint density at radius 1 is 1.76 bits per heavy atom. The number of nitrogens with zero attached hydrogens (tertiary/aromatic N) is 1. The van der Waals surface area contributed by atoms with Gasteiger partial charge >= 0.3 is 6.03 Å². The second-order valence-electron chi connectivity index (χ2n) is 3.38. The molecule has 6 heteroatoms. The number of nitrogens with one attached hydrogen (secondary N) is 1. The van der Waals surface area contributed by atoms with Crippen molar-refractivity contribution in [3.05, 3.63) is 36.8 Å². The Hall–Kier alpha value is -2.24. The van der Waals surface area contributed by atoms with Gasteiger partial charge in [-0.15, -0.1) is 0 Å². The van der Waals surface area contributed by atoms with Crippen LogP contribution in [0, 0.1) is 0 Å². The van der Waals surface area contributed by atoms with E-state index in [9.17, 15) is 4.79 Å². The van der Waals surface area contributed by atoms with Gasteiger partial charge in [-0.3, -0.25) is 0 Å². The highest BCUT2D eigenvalue weighted by Gasteiger charge is 2.11. The van der Waals surface area contributed by atoms with Gasteiger partial charge in [-0.1, -0.05) is 6.58 Å². The fourth-order valence-electron chi connectivity index (χ4n) is 1.27. The van der Waals surface area contributed by atoms with Crippen molar-refractivity contribution in [2.24, 2.45) is 5.73 Å². The van der Waals surface area contributed by atoms with Crippen molar-refractivity contribution in [2.45, 2.75) is 13.0 Å². The van der Waals surface area contributed by atoms with Crippen LogP contribution in [0.1, 0.15) is 12.7 Å². The van der Waals surface area contributed by atoms with Gasteiger partial charge in [0.2, 0.25) is 0 Å². The largest absolute Gasteiger partial charge is 0.496 e. The first-order valence-electron chi connectivity index (χ1n) is 4.94. The van der Waals surface area contributed by atoms with Crippen molar-refractivity contribution < 1.29 is 13.9 Å². The van der Waals surface area contributed by atoms with Crippen LogP contribution in [-0.4, -0.2) is 24.2 Å². The lowest BCUT2D eigenvalue weighted by Gasteiger charge is -2.11. The number of nitrogens with two attached hydrogens (primary N) is 1. The zero-order valence-corrected chi connectivity index (χ0v) is 9.77. The number of hydrogen-bond donors (Lipinski definition) is 2. The summed E-state index contributed by atoms with van der Waals surface area (Å²) in [7, 11) is 1.50. The van der Waals surface area contributed by atoms with Crippen LogP contribution in [0.3, 0.4) is 0 Å². The van der Waals surface area contributed by atoms with E-state index in [2.05, 4.69) is 16.9 Å². The number of hydrogen-bond acceptors (Lipinski definition) is 4. The lowest BCUT2D eigenvalue weighted by atomic mass is 10.1. The molecule has 0 saturated heterocycles. The molecule has 92 valence electrons. The Bertz CT molecular complexity index is 423. The van der Waals surface area contributed by atoms with Crippen LogP contribution < -0.4 is 11.1 Å². The van der Waals surface area contributed by atoms with Gasteiger partial charge in [0.25, 0.3) is 0 Å². The van der Waals surface area contributed by atoms with E-state index >= 15 is 0 Å². The minimum Gasteiger partial charge on any atom is -0.496 e. The molecular weight excluding hydrogens is 222 g/mol. The fourth-order valence-corrected chi connectivity index (χ4v) is 1.27. The molecule has 0 fully saturated rings. The highest BCUT2D eigenvalue weighted by atomic mass is 16.5. The molecule has 1 atom stereocenters. The number of amides is 2. The van der Waals surface area contributed by atoms with Crippen LogP contribution in [0.2, 0.25) is 0 Å². The van der Waals surface area contributed by atoms with E-state index in [1.807, 2.05) is 0 Å².